The second kappa shape index (κ2) is 6.48. The van der Waals surface area contributed by atoms with Crippen LogP contribution in [0.1, 0.15) is 24.1 Å². The molecule has 2 rings (SSSR count). The zero-order valence-corrected chi connectivity index (χ0v) is 12.7. The fourth-order valence-corrected chi connectivity index (χ4v) is 2.24. The molecule has 0 radical (unpaired) electrons. The minimum absolute atomic E-state index is 0.0000822. The highest BCUT2D eigenvalue weighted by Gasteiger charge is 2.13. The maximum Gasteiger partial charge on any atom is 0.126 e. The molecular formula is C17H20FNO2. The first-order valence-electron chi connectivity index (χ1n) is 6.79. The maximum atomic E-state index is 13.3. The Kier molecular flexibility index (Phi) is 4.68. The number of rotatable bonds is 5. The van der Waals surface area contributed by atoms with Crippen molar-refractivity contribution in [2.75, 3.05) is 19.5 Å². The average Bonchev–Trinajstić information content (AvgIpc) is 2.50. The van der Waals surface area contributed by atoms with Gasteiger partial charge in [0.25, 0.3) is 0 Å². The Labute approximate surface area is 124 Å². The Balaban J connectivity index is 2.26. The van der Waals surface area contributed by atoms with Crippen LogP contribution in [0, 0.1) is 12.7 Å². The summed E-state index contributed by atoms with van der Waals surface area (Å²) >= 11 is 0. The molecule has 0 saturated heterocycles. The van der Waals surface area contributed by atoms with E-state index in [2.05, 4.69) is 5.32 Å². The van der Waals surface area contributed by atoms with Crippen molar-refractivity contribution < 1.29 is 13.9 Å². The Morgan fingerprint density at radius 1 is 1.05 bits per heavy atom. The molecule has 4 heteroatoms. The third kappa shape index (κ3) is 3.45. The number of halogens is 1. The summed E-state index contributed by atoms with van der Waals surface area (Å²) in [5, 5.41) is 3.35. The molecule has 3 nitrogen and oxygen atoms in total. The zero-order valence-electron chi connectivity index (χ0n) is 12.7. The largest absolute Gasteiger partial charge is 0.497 e. The fourth-order valence-electron chi connectivity index (χ4n) is 2.24. The zero-order chi connectivity index (χ0) is 15.4. The van der Waals surface area contributed by atoms with Crippen LogP contribution in [0.5, 0.6) is 11.5 Å². The smallest absolute Gasteiger partial charge is 0.126 e. The molecule has 0 aliphatic carbocycles. The summed E-state index contributed by atoms with van der Waals surface area (Å²) in [5.74, 6) is 1.36. The van der Waals surface area contributed by atoms with Crippen molar-refractivity contribution in [2.45, 2.75) is 19.9 Å². The third-order valence-corrected chi connectivity index (χ3v) is 3.44. The minimum Gasteiger partial charge on any atom is -0.497 e. The fraction of sp³-hybridized carbons (Fsp3) is 0.294. The van der Waals surface area contributed by atoms with Crippen LogP contribution in [-0.2, 0) is 0 Å². The number of hydrogen-bond donors (Lipinski definition) is 1. The van der Waals surface area contributed by atoms with Crippen molar-refractivity contribution >= 4 is 5.69 Å². The molecular weight excluding hydrogens is 269 g/mol. The molecule has 21 heavy (non-hydrogen) atoms. The first-order valence-corrected chi connectivity index (χ1v) is 6.79. The van der Waals surface area contributed by atoms with Crippen molar-refractivity contribution in [3.8, 4) is 11.5 Å². The van der Waals surface area contributed by atoms with Crippen molar-refractivity contribution in [1.82, 2.24) is 0 Å². The molecule has 112 valence electrons. The van der Waals surface area contributed by atoms with Crippen LogP contribution < -0.4 is 14.8 Å². The molecule has 1 N–H and O–H groups in total. The Morgan fingerprint density at radius 3 is 2.43 bits per heavy atom. The van der Waals surface area contributed by atoms with Gasteiger partial charge in [-0.2, -0.15) is 0 Å². The van der Waals surface area contributed by atoms with Gasteiger partial charge >= 0.3 is 0 Å². The molecule has 0 spiro atoms. The number of hydrogen-bond acceptors (Lipinski definition) is 3. The lowest BCUT2D eigenvalue weighted by Gasteiger charge is -2.19. The maximum absolute atomic E-state index is 13.3. The van der Waals surface area contributed by atoms with Crippen molar-refractivity contribution in [3.63, 3.8) is 0 Å². The van der Waals surface area contributed by atoms with Crippen molar-refractivity contribution in [2.24, 2.45) is 0 Å². The van der Waals surface area contributed by atoms with Crippen LogP contribution in [0.3, 0.4) is 0 Å². The molecule has 0 aliphatic rings. The van der Waals surface area contributed by atoms with E-state index in [-0.39, 0.29) is 11.9 Å². The summed E-state index contributed by atoms with van der Waals surface area (Å²) in [4.78, 5) is 0. The topological polar surface area (TPSA) is 30.5 Å². The molecule has 2 aromatic carbocycles. The predicted octanol–water partition coefficient (Wildman–Crippen LogP) is 4.32. The van der Waals surface area contributed by atoms with E-state index in [1.54, 1.807) is 33.3 Å². The van der Waals surface area contributed by atoms with Crippen molar-refractivity contribution in [3.05, 3.63) is 53.3 Å². The van der Waals surface area contributed by atoms with E-state index in [1.807, 2.05) is 25.1 Å². The van der Waals surface area contributed by atoms with Crippen molar-refractivity contribution in [1.29, 1.82) is 0 Å². The van der Waals surface area contributed by atoms with Gasteiger partial charge in [-0.25, -0.2) is 4.39 Å². The predicted molar refractivity (Wildman–Crippen MR) is 82.7 cm³/mol. The molecule has 0 heterocycles. The highest BCUT2D eigenvalue weighted by molar-refractivity contribution is 5.50. The summed E-state index contributed by atoms with van der Waals surface area (Å²) in [6, 6.07) is 10.7. The molecule has 0 amide bonds. The third-order valence-electron chi connectivity index (χ3n) is 3.44. The number of methoxy groups -OCH3 is 2. The van der Waals surface area contributed by atoms with E-state index < -0.39 is 0 Å². The highest BCUT2D eigenvalue weighted by Crippen LogP contribution is 2.31. The van der Waals surface area contributed by atoms with E-state index in [0.717, 1.165) is 22.7 Å². The quantitative estimate of drug-likeness (QED) is 0.889. The van der Waals surface area contributed by atoms with Crippen LogP contribution in [0.15, 0.2) is 36.4 Å². The minimum atomic E-state index is -0.202. The van der Waals surface area contributed by atoms with E-state index in [0.29, 0.717) is 5.56 Å². The van der Waals surface area contributed by atoms with Gasteiger partial charge in [0, 0.05) is 11.3 Å². The Hall–Kier alpha value is -2.23. The molecule has 0 aliphatic heterocycles. The SMILES string of the molecule is COc1ccc(OC)c(C(C)Nc2ccc(F)c(C)c2)c1. The second-order valence-electron chi connectivity index (χ2n) is 4.94. The highest BCUT2D eigenvalue weighted by atomic mass is 19.1. The van der Waals surface area contributed by atoms with Gasteiger partial charge in [0.1, 0.15) is 17.3 Å². The van der Waals surface area contributed by atoms with Gasteiger partial charge < -0.3 is 14.8 Å². The number of ether oxygens (including phenoxy) is 2. The summed E-state index contributed by atoms with van der Waals surface area (Å²) in [6.07, 6.45) is 0. The Morgan fingerprint density at radius 2 is 1.81 bits per heavy atom. The van der Waals surface area contributed by atoms with E-state index in [9.17, 15) is 4.39 Å². The molecule has 0 aromatic heterocycles. The molecule has 0 saturated carbocycles. The van der Waals surface area contributed by atoms with Crippen LogP contribution in [0.25, 0.3) is 0 Å². The van der Waals surface area contributed by atoms with Gasteiger partial charge in [-0.1, -0.05) is 0 Å². The van der Waals surface area contributed by atoms with Crippen LogP contribution >= 0.6 is 0 Å². The lowest BCUT2D eigenvalue weighted by Crippen LogP contribution is -2.08. The van der Waals surface area contributed by atoms with Gasteiger partial charge in [-0.05, 0) is 55.8 Å². The van der Waals surface area contributed by atoms with Crippen LogP contribution in [-0.4, -0.2) is 14.2 Å². The molecule has 1 atom stereocenters. The lowest BCUT2D eigenvalue weighted by molar-refractivity contribution is 0.397. The van der Waals surface area contributed by atoms with Gasteiger partial charge in [0.05, 0.1) is 20.3 Å². The first kappa shape index (κ1) is 15.2. The first-order chi connectivity index (χ1) is 10.0. The number of anilines is 1. The van der Waals surface area contributed by atoms with Gasteiger partial charge in [-0.3, -0.25) is 0 Å². The molecule has 0 fully saturated rings. The number of aryl methyl sites for hydroxylation is 1. The summed E-state index contributed by atoms with van der Waals surface area (Å²) in [5.41, 5.74) is 2.47. The molecule has 2 aromatic rings. The number of benzene rings is 2. The van der Waals surface area contributed by atoms with E-state index in [4.69, 9.17) is 9.47 Å². The summed E-state index contributed by atoms with van der Waals surface area (Å²) < 4.78 is 24.0. The lowest BCUT2D eigenvalue weighted by atomic mass is 10.1. The van der Waals surface area contributed by atoms with Gasteiger partial charge in [-0.15, -0.1) is 0 Å². The summed E-state index contributed by atoms with van der Waals surface area (Å²) in [6.45, 7) is 3.77. The Bertz CT molecular complexity index is 628. The van der Waals surface area contributed by atoms with E-state index >= 15 is 0 Å². The molecule has 0 bridgehead atoms. The normalized spacial score (nSPS) is 11.9. The van der Waals surface area contributed by atoms with E-state index in [1.165, 1.54) is 6.07 Å². The standard InChI is InChI=1S/C17H20FNO2/c1-11-9-13(5-7-16(11)18)19-12(2)15-10-14(20-3)6-8-17(15)21-4/h5-10,12,19H,1-4H3. The van der Waals surface area contributed by atoms with Crippen LogP contribution in [0.2, 0.25) is 0 Å². The molecule has 1 unspecified atom stereocenters. The average molecular weight is 289 g/mol. The monoisotopic (exact) mass is 289 g/mol. The van der Waals surface area contributed by atoms with Gasteiger partial charge in [0.15, 0.2) is 0 Å². The number of nitrogens with one attached hydrogen (secondary N) is 1. The van der Waals surface area contributed by atoms with Gasteiger partial charge in [0.2, 0.25) is 0 Å². The summed E-state index contributed by atoms with van der Waals surface area (Å²) in [7, 11) is 3.27. The second-order valence-corrected chi connectivity index (χ2v) is 4.94. The van der Waals surface area contributed by atoms with Crippen LogP contribution in [0.4, 0.5) is 10.1 Å².